The molecule has 92 valence electrons. The van der Waals surface area contributed by atoms with Gasteiger partial charge in [-0.15, -0.1) is 11.6 Å². The lowest BCUT2D eigenvalue weighted by molar-refractivity contribution is 0.198. The predicted octanol–water partition coefficient (Wildman–Crippen LogP) is 0.250. The van der Waals surface area contributed by atoms with Gasteiger partial charge in [0.15, 0.2) is 5.03 Å². The van der Waals surface area contributed by atoms with Crippen LogP contribution in [0.15, 0.2) is 11.2 Å². The number of aryl methyl sites for hydroxylation is 1. The summed E-state index contributed by atoms with van der Waals surface area (Å²) in [6, 6.07) is 0. The van der Waals surface area contributed by atoms with Crippen LogP contribution in [0, 0.1) is 6.92 Å². The van der Waals surface area contributed by atoms with E-state index in [0.717, 1.165) is 0 Å². The topological polar surface area (TPSA) is 84.1 Å². The summed E-state index contributed by atoms with van der Waals surface area (Å²) in [6.45, 7) is 2.07. The van der Waals surface area contributed by atoms with Gasteiger partial charge in [-0.2, -0.15) is 0 Å². The summed E-state index contributed by atoms with van der Waals surface area (Å²) in [5.74, 6) is 0.541. The summed E-state index contributed by atoms with van der Waals surface area (Å²) in [6.07, 6.45) is 1.26. The first kappa shape index (κ1) is 13.4. The molecule has 16 heavy (non-hydrogen) atoms. The van der Waals surface area contributed by atoms with Crippen LogP contribution in [-0.4, -0.2) is 44.0 Å². The molecule has 0 fully saturated rings. The van der Waals surface area contributed by atoms with Crippen molar-refractivity contribution >= 4 is 21.6 Å². The number of halogens is 1. The monoisotopic (exact) mass is 267 g/mol. The standard InChI is InChI=1S/C8H14ClN3O3S/c1-6-10-4-8(12-6)16(13,14)11-3-7(9)5-15-2/h4,7,11H,3,5H2,1-2H3,(H,10,12). The fourth-order valence-corrected chi connectivity index (χ4v) is 2.40. The Balaban J connectivity index is 2.59. The van der Waals surface area contributed by atoms with Crippen LogP contribution in [0.4, 0.5) is 0 Å². The zero-order chi connectivity index (χ0) is 12.2. The molecule has 8 heteroatoms. The number of hydrogen-bond donors (Lipinski definition) is 2. The van der Waals surface area contributed by atoms with E-state index < -0.39 is 15.4 Å². The number of sulfonamides is 1. The summed E-state index contributed by atoms with van der Waals surface area (Å²) >= 11 is 5.80. The van der Waals surface area contributed by atoms with Crippen LogP contribution in [0.1, 0.15) is 5.82 Å². The number of alkyl halides is 1. The van der Waals surface area contributed by atoms with Gasteiger partial charge in [0.2, 0.25) is 0 Å². The zero-order valence-corrected chi connectivity index (χ0v) is 10.6. The number of rotatable bonds is 6. The highest BCUT2D eigenvalue weighted by Gasteiger charge is 2.17. The fourth-order valence-electron chi connectivity index (χ4n) is 1.05. The molecule has 1 aromatic rings. The van der Waals surface area contributed by atoms with Crippen LogP contribution in [0.3, 0.4) is 0 Å². The molecular formula is C8H14ClN3O3S. The maximum atomic E-state index is 11.7. The van der Waals surface area contributed by atoms with Crippen LogP contribution in [0.25, 0.3) is 0 Å². The summed E-state index contributed by atoms with van der Waals surface area (Å²) in [5.41, 5.74) is 0. The van der Waals surface area contributed by atoms with Crippen LogP contribution in [0.5, 0.6) is 0 Å². The third kappa shape index (κ3) is 3.75. The van der Waals surface area contributed by atoms with Crippen LogP contribution >= 0.6 is 11.6 Å². The number of nitrogens with one attached hydrogen (secondary N) is 2. The van der Waals surface area contributed by atoms with Crippen molar-refractivity contribution in [2.24, 2.45) is 0 Å². The predicted molar refractivity (Wildman–Crippen MR) is 60.0 cm³/mol. The average Bonchev–Trinajstić information content (AvgIpc) is 2.63. The highest BCUT2D eigenvalue weighted by molar-refractivity contribution is 7.89. The minimum atomic E-state index is -3.56. The fraction of sp³-hybridized carbons (Fsp3) is 0.625. The second-order valence-corrected chi connectivity index (χ2v) is 5.59. The Labute approximate surface area is 99.4 Å². The Morgan fingerprint density at radius 3 is 2.88 bits per heavy atom. The molecule has 0 aliphatic heterocycles. The van der Waals surface area contributed by atoms with E-state index in [1.807, 2.05) is 0 Å². The summed E-state index contributed by atoms with van der Waals surface area (Å²) in [5, 5.41) is -0.366. The quantitative estimate of drug-likeness (QED) is 0.724. The largest absolute Gasteiger partial charge is 0.383 e. The second kappa shape index (κ2) is 5.62. The van der Waals surface area contributed by atoms with Crippen LogP contribution in [0.2, 0.25) is 0 Å². The number of aromatic amines is 1. The molecule has 0 spiro atoms. The van der Waals surface area contributed by atoms with Crippen LogP contribution < -0.4 is 4.72 Å². The molecule has 2 N–H and O–H groups in total. The van der Waals surface area contributed by atoms with Gasteiger partial charge in [0.25, 0.3) is 10.0 Å². The molecule has 1 rings (SSSR count). The molecule has 0 saturated heterocycles. The van der Waals surface area contributed by atoms with E-state index in [4.69, 9.17) is 16.3 Å². The lowest BCUT2D eigenvalue weighted by atomic mass is 10.5. The maximum Gasteiger partial charge on any atom is 0.257 e. The SMILES string of the molecule is COCC(Cl)CNS(=O)(=O)c1cnc(C)[nH]1. The van der Waals surface area contributed by atoms with Gasteiger partial charge in [-0.3, -0.25) is 0 Å². The first-order chi connectivity index (χ1) is 7.45. The Morgan fingerprint density at radius 2 is 2.38 bits per heavy atom. The van der Waals surface area contributed by atoms with Gasteiger partial charge in [-0.1, -0.05) is 0 Å². The van der Waals surface area contributed by atoms with E-state index in [9.17, 15) is 8.42 Å². The van der Waals surface area contributed by atoms with Gasteiger partial charge in [-0.05, 0) is 6.92 Å². The van der Waals surface area contributed by atoms with Crippen molar-refractivity contribution in [2.45, 2.75) is 17.3 Å². The smallest absolute Gasteiger partial charge is 0.257 e. The number of hydrogen-bond acceptors (Lipinski definition) is 4. The number of ether oxygens (including phenoxy) is 1. The molecule has 1 heterocycles. The number of aromatic nitrogens is 2. The van der Waals surface area contributed by atoms with Gasteiger partial charge >= 0.3 is 0 Å². The number of methoxy groups -OCH3 is 1. The molecule has 0 amide bonds. The van der Waals surface area contributed by atoms with Gasteiger partial charge in [0, 0.05) is 13.7 Å². The van der Waals surface area contributed by atoms with E-state index in [1.165, 1.54) is 13.3 Å². The van der Waals surface area contributed by atoms with Crippen molar-refractivity contribution in [3.05, 3.63) is 12.0 Å². The first-order valence-corrected chi connectivity index (χ1v) is 6.52. The van der Waals surface area contributed by atoms with Gasteiger partial charge in [0.05, 0.1) is 18.2 Å². The second-order valence-electron chi connectivity index (χ2n) is 3.24. The number of H-pyrrole nitrogens is 1. The Morgan fingerprint density at radius 1 is 1.69 bits per heavy atom. The van der Waals surface area contributed by atoms with Crippen molar-refractivity contribution in [1.82, 2.24) is 14.7 Å². The van der Waals surface area contributed by atoms with Crippen LogP contribution in [-0.2, 0) is 14.8 Å². The third-order valence-electron chi connectivity index (χ3n) is 1.81. The van der Waals surface area contributed by atoms with Crippen molar-refractivity contribution in [2.75, 3.05) is 20.3 Å². The van der Waals surface area contributed by atoms with Crippen molar-refractivity contribution < 1.29 is 13.2 Å². The van der Waals surface area contributed by atoms with E-state index in [-0.39, 0.29) is 18.2 Å². The molecular weight excluding hydrogens is 254 g/mol. The van der Waals surface area contributed by atoms with Crippen molar-refractivity contribution in [1.29, 1.82) is 0 Å². The molecule has 1 aromatic heterocycles. The molecule has 0 radical (unpaired) electrons. The van der Waals surface area contributed by atoms with Gasteiger partial charge in [0.1, 0.15) is 5.82 Å². The minimum Gasteiger partial charge on any atom is -0.383 e. The normalized spacial score (nSPS) is 13.9. The van der Waals surface area contributed by atoms with E-state index in [2.05, 4.69) is 14.7 Å². The summed E-state index contributed by atoms with van der Waals surface area (Å²) < 4.78 is 30.5. The molecule has 0 aliphatic carbocycles. The van der Waals surface area contributed by atoms with E-state index >= 15 is 0 Å². The Kier molecular flexibility index (Phi) is 4.72. The zero-order valence-electron chi connectivity index (χ0n) is 9.03. The molecule has 1 unspecified atom stereocenters. The third-order valence-corrected chi connectivity index (χ3v) is 3.42. The first-order valence-electron chi connectivity index (χ1n) is 4.60. The molecule has 0 aliphatic rings. The van der Waals surface area contributed by atoms with E-state index in [1.54, 1.807) is 6.92 Å². The average molecular weight is 268 g/mol. The Bertz CT molecular complexity index is 431. The Hall–Kier alpha value is -0.630. The highest BCUT2D eigenvalue weighted by Crippen LogP contribution is 2.05. The molecule has 1 atom stereocenters. The summed E-state index contributed by atoms with van der Waals surface area (Å²) in [7, 11) is -2.06. The summed E-state index contributed by atoms with van der Waals surface area (Å²) in [4.78, 5) is 6.45. The lowest BCUT2D eigenvalue weighted by Crippen LogP contribution is -2.31. The molecule has 6 nitrogen and oxygen atoms in total. The highest BCUT2D eigenvalue weighted by atomic mass is 35.5. The van der Waals surface area contributed by atoms with Gasteiger partial charge < -0.3 is 9.72 Å². The number of imidazole rings is 1. The van der Waals surface area contributed by atoms with E-state index in [0.29, 0.717) is 5.82 Å². The van der Waals surface area contributed by atoms with Gasteiger partial charge in [-0.25, -0.2) is 18.1 Å². The maximum absolute atomic E-state index is 11.7. The minimum absolute atomic E-state index is 0.0336. The van der Waals surface area contributed by atoms with Crippen molar-refractivity contribution in [3.8, 4) is 0 Å². The molecule has 0 bridgehead atoms. The number of nitrogens with zero attached hydrogens (tertiary/aromatic N) is 1. The lowest BCUT2D eigenvalue weighted by Gasteiger charge is -2.09. The molecule has 0 saturated carbocycles. The van der Waals surface area contributed by atoms with Crippen molar-refractivity contribution in [3.63, 3.8) is 0 Å². The molecule has 0 aromatic carbocycles.